The van der Waals surface area contributed by atoms with E-state index in [2.05, 4.69) is 66.0 Å². The van der Waals surface area contributed by atoms with Gasteiger partial charge in [0.1, 0.15) is 12.1 Å². The molecule has 1 aliphatic heterocycles. The summed E-state index contributed by atoms with van der Waals surface area (Å²) in [6, 6.07) is 4.41. The van der Waals surface area contributed by atoms with Crippen molar-refractivity contribution in [3.05, 3.63) is 41.3 Å². The molecule has 1 fully saturated rings. The molecule has 0 aromatic carbocycles. The summed E-state index contributed by atoms with van der Waals surface area (Å²) in [5.41, 5.74) is 8.65. The van der Waals surface area contributed by atoms with E-state index in [1.165, 1.54) is 11.1 Å². The summed E-state index contributed by atoms with van der Waals surface area (Å²) in [7, 11) is 5.74. The zero-order valence-corrected chi connectivity index (χ0v) is 21.6. The van der Waals surface area contributed by atoms with Crippen LogP contribution < -0.4 is 4.90 Å². The van der Waals surface area contributed by atoms with Gasteiger partial charge in [0.15, 0.2) is 5.65 Å². The largest absolute Gasteiger partial charge is 0.353 e. The quantitative estimate of drug-likeness (QED) is 0.462. The molecule has 184 valence electrons. The molecule has 0 radical (unpaired) electrons. The summed E-state index contributed by atoms with van der Waals surface area (Å²) < 4.78 is 1.85. The number of aromatic nitrogens is 5. The number of rotatable bonds is 6. The molecule has 0 saturated carbocycles. The van der Waals surface area contributed by atoms with E-state index in [0.717, 1.165) is 52.4 Å². The van der Waals surface area contributed by atoms with Crippen LogP contribution in [0.2, 0.25) is 0 Å². The molecule has 4 aromatic heterocycles. The normalized spacial score (nSPS) is 14.5. The summed E-state index contributed by atoms with van der Waals surface area (Å²) in [5, 5.41) is 4.38. The fourth-order valence-corrected chi connectivity index (χ4v) is 4.95. The molecule has 1 N–H and O–H groups in total. The Labute approximate surface area is 205 Å². The first kappa shape index (κ1) is 23.3. The minimum atomic E-state index is 0.149. The van der Waals surface area contributed by atoms with Crippen LogP contribution in [-0.4, -0.2) is 87.1 Å². The molecule has 1 amide bonds. The predicted molar refractivity (Wildman–Crippen MR) is 139 cm³/mol. The Morgan fingerprint density at radius 1 is 1.17 bits per heavy atom. The van der Waals surface area contributed by atoms with Gasteiger partial charge in [0.2, 0.25) is 5.91 Å². The smallest absolute Gasteiger partial charge is 0.236 e. The maximum atomic E-state index is 12.4. The topological polar surface area (TPSA) is 85.7 Å². The van der Waals surface area contributed by atoms with Gasteiger partial charge >= 0.3 is 0 Å². The molecule has 1 aliphatic rings. The molecule has 35 heavy (non-hydrogen) atoms. The van der Waals surface area contributed by atoms with E-state index in [0.29, 0.717) is 6.54 Å². The second-order valence-corrected chi connectivity index (χ2v) is 10.3. The maximum Gasteiger partial charge on any atom is 0.236 e. The number of pyridine rings is 2. The Hall–Kier alpha value is -3.46. The number of anilines is 1. The van der Waals surface area contributed by atoms with Gasteiger partial charge in [-0.3, -0.25) is 4.79 Å². The fraction of sp³-hybridized carbons (Fsp3) is 0.462. The first-order valence-corrected chi connectivity index (χ1v) is 12.1. The van der Waals surface area contributed by atoms with Gasteiger partial charge in [0, 0.05) is 37.5 Å². The lowest BCUT2D eigenvalue weighted by Gasteiger charge is -2.44. The van der Waals surface area contributed by atoms with Crippen LogP contribution in [0.1, 0.15) is 36.5 Å². The van der Waals surface area contributed by atoms with Gasteiger partial charge in [-0.1, -0.05) is 13.8 Å². The van der Waals surface area contributed by atoms with E-state index >= 15 is 0 Å². The van der Waals surface area contributed by atoms with Gasteiger partial charge in [-0.2, -0.15) is 5.10 Å². The van der Waals surface area contributed by atoms with Crippen LogP contribution in [0.25, 0.3) is 27.9 Å². The number of H-pyrrole nitrogens is 1. The van der Waals surface area contributed by atoms with Crippen molar-refractivity contribution in [2.24, 2.45) is 0 Å². The van der Waals surface area contributed by atoms with Crippen LogP contribution in [-0.2, 0) is 4.79 Å². The summed E-state index contributed by atoms with van der Waals surface area (Å²) in [6.07, 6.45) is 3.66. The van der Waals surface area contributed by atoms with E-state index in [9.17, 15) is 4.79 Å². The molecular weight excluding hydrogens is 440 g/mol. The third-order valence-corrected chi connectivity index (χ3v) is 7.22. The zero-order chi connectivity index (χ0) is 25.0. The van der Waals surface area contributed by atoms with Gasteiger partial charge in [0.25, 0.3) is 0 Å². The number of likely N-dealkylation sites (N-methyl/N-ethyl adjacent to an activating group) is 2. The van der Waals surface area contributed by atoms with Crippen LogP contribution in [0.5, 0.6) is 0 Å². The Morgan fingerprint density at radius 3 is 2.60 bits per heavy atom. The Balaban J connectivity index is 1.48. The van der Waals surface area contributed by atoms with Gasteiger partial charge < -0.3 is 19.7 Å². The third-order valence-electron chi connectivity index (χ3n) is 7.22. The zero-order valence-electron chi connectivity index (χ0n) is 21.6. The minimum Gasteiger partial charge on any atom is -0.353 e. The molecule has 1 saturated heterocycles. The Bertz CT molecular complexity index is 1410. The molecule has 5 heterocycles. The molecule has 0 atom stereocenters. The number of aryl methyl sites for hydroxylation is 1. The second-order valence-electron chi connectivity index (χ2n) is 10.3. The van der Waals surface area contributed by atoms with Crippen molar-refractivity contribution >= 4 is 28.4 Å². The van der Waals surface area contributed by atoms with E-state index in [1.54, 1.807) is 6.33 Å². The Morgan fingerprint density at radius 2 is 1.91 bits per heavy atom. The van der Waals surface area contributed by atoms with Crippen LogP contribution in [0.4, 0.5) is 5.82 Å². The molecule has 0 aliphatic carbocycles. The number of nitrogens with one attached hydrogen (secondary N) is 1. The number of carbonyl (C=O) groups is 1. The summed E-state index contributed by atoms with van der Waals surface area (Å²) in [4.78, 5) is 31.6. The number of carbonyl (C=O) groups excluding carboxylic acids is 1. The van der Waals surface area contributed by atoms with Crippen molar-refractivity contribution in [3.63, 3.8) is 0 Å². The highest BCUT2D eigenvalue weighted by molar-refractivity contribution is 5.90. The van der Waals surface area contributed by atoms with Gasteiger partial charge in [0.05, 0.1) is 29.3 Å². The lowest BCUT2D eigenvalue weighted by Crippen LogP contribution is -2.61. The number of hydrogen-bond donors (Lipinski definition) is 1. The van der Waals surface area contributed by atoms with E-state index < -0.39 is 0 Å². The van der Waals surface area contributed by atoms with Gasteiger partial charge in [-0.25, -0.2) is 14.5 Å². The van der Waals surface area contributed by atoms with Crippen molar-refractivity contribution in [3.8, 4) is 11.3 Å². The minimum absolute atomic E-state index is 0.149. The standard InChI is InChI=1S/C26H34N8O/c1-15(2)23-24(19-12-34-26(27-14-28-34)17(4)16(19)3)29-20-8-9-21(30-25(20)23)33-10-18(11-33)32(7)22(35)13-31(5)6/h8-9,12,14-15,18,29H,10-11,13H2,1-7H3. The molecule has 4 aromatic rings. The van der Waals surface area contributed by atoms with Crippen LogP contribution >= 0.6 is 0 Å². The number of aromatic amines is 1. The van der Waals surface area contributed by atoms with Crippen molar-refractivity contribution < 1.29 is 4.79 Å². The van der Waals surface area contributed by atoms with Gasteiger partial charge in [-0.05, 0) is 57.1 Å². The highest BCUT2D eigenvalue weighted by Gasteiger charge is 2.33. The second kappa shape index (κ2) is 8.64. The maximum absolute atomic E-state index is 12.4. The molecule has 0 bridgehead atoms. The molecule has 0 unspecified atom stereocenters. The van der Waals surface area contributed by atoms with E-state index in [4.69, 9.17) is 4.98 Å². The predicted octanol–water partition coefficient (Wildman–Crippen LogP) is 3.22. The van der Waals surface area contributed by atoms with Crippen molar-refractivity contribution in [2.45, 2.75) is 39.7 Å². The molecule has 5 rings (SSSR count). The van der Waals surface area contributed by atoms with Crippen molar-refractivity contribution in [1.82, 2.24) is 34.4 Å². The molecular formula is C26H34N8O. The average molecular weight is 475 g/mol. The summed E-state index contributed by atoms with van der Waals surface area (Å²) in [5.74, 6) is 1.39. The van der Waals surface area contributed by atoms with Crippen LogP contribution in [0.15, 0.2) is 24.7 Å². The molecule has 9 heteroatoms. The number of fused-ring (bicyclic) bond motifs is 2. The number of amides is 1. The van der Waals surface area contributed by atoms with Crippen molar-refractivity contribution in [1.29, 1.82) is 0 Å². The first-order chi connectivity index (χ1) is 16.7. The first-order valence-electron chi connectivity index (χ1n) is 12.1. The monoisotopic (exact) mass is 474 g/mol. The lowest BCUT2D eigenvalue weighted by molar-refractivity contribution is -0.133. The summed E-state index contributed by atoms with van der Waals surface area (Å²) >= 11 is 0. The van der Waals surface area contributed by atoms with E-state index in [-0.39, 0.29) is 17.9 Å². The van der Waals surface area contributed by atoms with Gasteiger partial charge in [-0.15, -0.1) is 0 Å². The lowest BCUT2D eigenvalue weighted by atomic mass is 9.95. The SMILES string of the molecule is Cc1c(-c2[nH]c3ccc(N4CC(N(C)C(=O)CN(C)C)C4)nc3c2C(C)C)cn2ncnc2c1C. The van der Waals surface area contributed by atoms with E-state index in [1.807, 2.05) is 35.5 Å². The third kappa shape index (κ3) is 3.93. The molecule has 9 nitrogen and oxygen atoms in total. The van der Waals surface area contributed by atoms with Crippen LogP contribution in [0, 0.1) is 13.8 Å². The number of hydrogen-bond acceptors (Lipinski definition) is 6. The summed E-state index contributed by atoms with van der Waals surface area (Å²) in [6.45, 7) is 10.7. The number of nitrogens with zero attached hydrogens (tertiary/aromatic N) is 7. The Kier molecular flexibility index (Phi) is 5.75. The average Bonchev–Trinajstić information content (AvgIpc) is 3.38. The highest BCUT2D eigenvalue weighted by atomic mass is 16.2. The highest BCUT2D eigenvalue weighted by Crippen LogP contribution is 2.38. The molecule has 0 spiro atoms. The van der Waals surface area contributed by atoms with Crippen molar-refractivity contribution in [2.75, 3.05) is 45.7 Å². The van der Waals surface area contributed by atoms with Crippen LogP contribution in [0.3, 0.4) is 0 Å². The fourth-order valence-electron chi connectivity index (χ4n) is 4.95.